The number of amides is 1. The van der Waals surface area contributed by atoms with Gasteiger partial charge in [0, 0.05) is 25.5 Å². The Balaban J connectivity index is 1.68. The summed E-state index contributed by atoms with van der Waals surface area (Å²) < 4.78 is 1.66. The number of piperidine rings is 1. The molecule has 0 aliphatic carbocycles. The predicted octanol–water partition coefficient (Wildman–Crippen LogP) is 1.28. The zero-order chi connectivity index (χ0) is 18.5. The number of pyridine rings is 1. The van der Waals surface area contributed by atoms with E-state index in [-0.39, 0.29) is 18.9 Å². The van der Waals surface area contributed by atoms with Crippen molar-refractivity contribution in [1.82, 2.24) is 19.4 Å². The van der Waals surface area contributed by atoms with Crippen LogP contribution in [-0.4, -0.2) is 49.5 Å². The Morgan fingerprint density at radius 3 is 2.62 bits per heavy atom. The van der Waals surface area contributed by atoms with Gasteiger partial charge < -0.3 is 20.3 Å². The van der Waals surface area contributed by atoms with Gasteiger partial charge in [-0.15, -0.1) is 0 Å². The molecule has 2 aromatic rings. The second-order valence-corrected chi connectivity index (χ2v) is 6.60. The van der Waals surface area contributed by atoms with Gasteiger partial charge in [0.15, 0.2) is 0 Å². The minimum atomic E-state index is -0.963. The van der Waals surface area contributed by atoms with E-state index in [0.29, 0.717) is 11.5 Å². The SMILES string of the molecule is Nc1ccc(CC(C(=O)O)c2cn(CC(=O)N3CCCCC3)cn2)cn1. The summed E-state index contributed by atoms with van der Waals surface area (Å²) in [6.07, 6.45) is 8.25. The Hall–Kier alpha value is -2.90. The summed E-state index contributed by atoms with van der Waals surface area (Å²) in [7, 11) is 0. The van der Waals surface area contributed by atoms with Crippen LogP contribution in [0.15, 0.2) is 30.9 Å². The molecule has 0 saturated carbocycles. The number of imidazole rings is 1. The molecule has 3 heterocycles. The van der Waals surface area contributed by atoms with E-state index in [1.807, 2.05) is 4.90 Å². The zero-order valence-electron chi connectivity index (χ0n) is 14.5. The number of nitrogen functional groups attached to an aromatic ring is 1. The van der Waals surface area contributed by atoms with Crippen molar-refractivity contribution in [2.45, 2.75) is 38.1 Å². The first-order chi connectivity index (χ1) is 12.5. The third-order valence-corrected chi connectivity index (χ3v) is 4.62. The van der Waals surface area contributed by atoms with Gasteiger partial charge in [0.25, 0.3) is 0 Å². The van der Waals surface area contributed by atoms with Gasteiger partial charge in [0.1, 0.15) is 18.3 Å². The zero-order valence-corrected chi connectivity index (χ0v) is 14.5. The van der Waals surface area contributed by atoms with Crippen LogP contribution in [0.3, 0.4) is 0 Å². The largest absolute Gasteiger partial charge is 0.481 e. The van der Waals surface area contributed by atoms with Crippen LogP contribution in [0.4, 0.5) is 5.82 Å². The van der Waals surface area contributed by atoms with Gasteiger partial charge >= 0.3 is 5.97 Å². The van der Waals surface area contributed by atoms with Gasteiger partial charge in [-0.25, -0.2) is 9.97 Å². The molecule has 8 heteroatoms. The van der Waals surface area contributed by atoms with Gasteiger partial charge in [0.05, 0.1) is 12.0 Å². The van der Waals surface area contributed by atoms with Crippen LogP contribution in [0.5, 0.6) is 0 Å². The van der Waals surface area contributed by atoms with E-state index in [1.165, 1.54) is 12.7 Å². The van der Waals surface area contributed by atoms with E-state index in [1.54, 1.807) is 29.1 Å². The maximum absolute atomic E-state index is 12.3. The minimum absolute atomic E-state index is 0.0447. The number of anilines is 1. The molecule has 1 amide bonds. The fourth-order valence-corrected chi connectivity index (χ4v) is 3.15. The number of carbonyl (C=O) groups is 2. The average Bonchev–Trinajstić information content (AvgIpc) is 3.09. The van der Waals surface area contributed by atoms with E-state index in [0.717, 1.165) is 31.5 Å². The van der Waals surface area contributed by atoms with Crippen molar-refractivity contribution in [3.05, 3.63) is 42.1 Å². The maximum atomic E-state index is 12.3. The normalized spacial score (nSPS) is 15.6. The van der Waals surface area contributed by atoms with Crippen molar-refractivity contribution >= 4 is 17.7 Å². The Morgan fingerprint density at radius 2 is 1.96 bits per heavy atom. The third kappa shape index (κ3) is 4.38. The van der Waals surface area contributed by atoms with Crippen LogP contribution in [0, 0.1) is 0 Å². The molecule has 0 spiro atoms. The van der Waals surface area contributed by atoms with Gasteiger partial charge in [0.2, 0.25) is 5.91 Å². The first-order valence-electron chi connectivity index (χ1n) is 8.75. The van der Waals surface area contributed by atoms with E-state index >= 15 is 0 Å². The van der Waals surface area contributed by atoms with Crippen LogP contribution in [0.1, 0.15) is 36.4 Å². The molecule has 0 bridgehead atoms. The van der Waals surface area contributed by atoms with Crippen molar-refractivity contribution in [2.24, 2.45) is 0 Å². The van der Waals surface area contributed by atoms with Crippen LogP contribution < -0.4 is 5.73 Å². The van der Waals surface area contributed by atoms with Gasteiger partial charge in [-0.2, -0.15) is 0 Å². The highest BCUT2D eigenvalue weighted by Gasteiger charge is 2.24. The summed E-state index contributed by atoms with van der Waals surface area (Å²) >= 11 is 0. The average molecular weight is 357 g/mol. The van der Waals surface area contributed by atoms with Crippen molar-refractivity contribution in [3.8, 4) is 0 Å². The molecule has 1 saturated heterocycles. The highest BCUT2D eigenvalue weighted by Crippen LogP contribution is 2.20. The second kappa shape index (κ2) is 7.99. The van der Waals surface area contributed by atoms with Crippen molar-refractivity contribution in [2.75, 3.05) is 18.8 Å². The molecule has 0 aromatic carbocycles. The summed E-state index contributed by atoms with van der Waals surface area (Å²) in [5.74, 6) is -1.33. The number of carbonyl (C=O) groups excluding carboxylic acids is 1. The molecule has 0 radical (unpaired) electrons. The number of nitrogens with two attached hydrogens (primary N) is 1. The molecule has 3 N–H and O–H groups in total. The van der Waals surface area contributed by atoms with Crippen LogP contribution >= 0.6 is 0 Å². The first kappa shape index (κ1) is 17.9. The number of hydrogen-bond acceptors (Lipinski definition) is 5. The molecule has 1 unspecified atom stereocenters. The molecule has 8 nitrogen and oxygen atoms in total. The molecule has 138 valence electrons. The number of rotatable bonds is 6. The topological polar surface area (TPSA) is 114 Å². The standard InChI is InChI=1S/C18H23N5O3/c19-16-5-4-13(9-20-16)8-14(18(25)26)15-10-22(12-21-15)11-17(24)23-6-2-1-3-7-23/h4-5,9-10,12,14H,1-3,6-8,11H2,(H2,19,20)(H,25,26). The van der Waals surface area contributed by atoms with Gasteiger partial charge in [-0.05, 0) is 37.3 Å². The summed E-state index contributed by atoms with van der Waals surface area (Å²) in [4.78, 5) is 34.1. The Kier molecular flexibility index (Phi) is 5.50. The van der Waals surface area contributed by atoms with Crippen LogP contribution in [0.2, 0.25) is 0 Å². The van der Waals surface area contributed by atoms with Crippen molar-refractivity contribution < 1.29 is 14.7 Å². The number of hydrogen-bond donors (Lipinski definition) is 2. The van der Waals surface area contributed by atoms with E-state index in [9.17, 15) is 14.7 Å². The number of aromatic nitrogens is 3. The molecule has 26 heavy (non-hydrogen) atoms. The Bertz CT molecular complexity index is 765. The van der Waals surface area contributed by atoms with E-state index in [4.69, 9.17) is 5.73 Å². The molecule has 1 aliphatic heterocycles. The maximum Gasteiger partial charge on any atom is 0.312 e. The molecule has 2 aromatic heterocycles. The molecular weight excluding hydrogens is 334 g/mol. The number of likely N-dealkylation sites (tertiary alicyclic amines) is 1. The van der Waals surface area contributed by atoms with Crippen LogP contribution in [0.25, 0.3) is 0 Å². The lowest BCUT2D eigenvalue weighted by Gasteiger charge is -2.26. The molecule has 1 atom stereocenters. The van der Waals surface area contributed by atoms with Gasteiger partial charge in [-0.1, -0.05) is 6.07 Å². The Morgan fingerprint density at radius 1 is 1.19 bits per heavy atom. The van der Waals surface area contributed by atoms with E-state index in [2.05, 4.69) is 9.97 Å². The van der Waals surface area contributed by atoms with E-state index < -0.39 is 11.9 Å². The second-order valence-electron chi connectivity index (χ2n) is 6.60. The molecule has 1 aliphatic rings. The summed E-state index contributed by atoms with van der Waals surface area (Å²) in [5.41, 5.74) is 6.76. The Labute approximate surface area is 151 Å². The molecular formula is C18H23N5O3. The first-order valence-corrected chi connectivity index (χ1v) is 8.75. The lowest BCUT2D eigenvalue weighted by atomic mass is 9.98. The van der Waals surface area contributed by atoms with Gasteiger partial charge in [-0.3, -0.25) is 9.59 Å². The smallest absolute Gasteiger partial charge is 0.312 e. The van der Waals surface area contributed by atoms with Crippen LogP contribution in [-0.2, 0) is 22.6 Å². The predicted molar refractivity (Wildman–Crippen MR) is 95.4 cm³/mol. The number of nitrogens with zero attached hydrogens (tertiary/aromatic N) is 4. The fourth-order valence-electron chi connectivity index (χ4n) is 3.15. The monoisotopic (exact) mass is 357 g/mol. The lowest BCUT2D eigenvalue weighted by Crippen LogP contribution is -2.37. The molecule has 1 fully saturated rings. The summed E-state index contributed by atoms with van der Waals surface area (Å²) in [6.45, 7) is 1.77. The number of aliphatic carboxylic acids is 1. The number of carboxylic acid groups (broad SMARTS) is 1. The highest BCUT2D eigenvalue weighted by molar-refractivity contribution is 5.77. The summed E-state index contributed by atoms with van der Waals surface area (Å²) in [6, 6.07) is 3.40. The molecule has 3 rings (SSSR count). The van der Waals surface area contributed by atoms with Crippen molar-refractivity contribution in [3.63, 3.8) is 0 Å². The highest BCUT2D eigenvalue weighted by atomic mass is 16.4. The third-order valence-electron chi connectivity index (χ3n) is 4.62. The lowest BCUT2D eigenvalue weighted by molar-refractivity contribution is -0.138. The number of carboxylic acids is 1. The van der Waals surface area contributed by atoms with Crippen molar-refractivity contribution in [1.29, 1.82) is 0 Å². The minimum Gasteiger partial charge on any atom is -0.481 e. The summed E-state index contributed by atoms with van der Waals surface area (Å²) in [5, 5.41) is 9.57. The fraction of sp³-hybridized carbons (Fsp3) is 0.444. The quantitative estimate of drug-likeness (QED) is 0.805.